The third kappa shape index (κ3) is 1.83. The Labute approximate surface area is 121 Å². The van der Waals surface area contributed by atoms with Crippen LogP contribution in [0.3, 0.4) is 0 Å². The van der Waals surface area contributed by atoms with Gasteiger partial charge in [0.2, 0.25) is 0 Å². The van der Waals surface area contributed by atoms with E-state index in [1.54, 1.807) is 7.05 Å². The summed E-state index contributed by atoms with van der Waals surface area (Å²) in [5, 5.41) is 3.91. The summed E-state index contributed by atoms with van der Waals surface area (Å²) in [5.74, 6) is -1.47. The molecular weight excluding hydrogens is 331 g/mol. The number of amides is 1. The summed E-state index contributed by atoms with van der Waals surface area (Å²) in [6.07, 6.45) is 1.36. The van der Waals surface area contributed by atoms with Gasteiger partial charge in [-0.25, -0.2) is 9.37 Å². The van der Waals surface area contributed by atoms with Crippen LogP contribution in [0.5, 0.6) is 0 Å². The molecule has 0 atom stereocenters. The second kappa shape index (κ2) is 4.48. The zero-order chi connectivity index (χ0) is 14.4. The number of fused-ring (bicyclic) bond motifs is 1. The molecule has 0 spiro atoms. The zero-order valence-electron chi connectivity index (χ0n) is 10.3. The minimum atomic E-state index is -0.720. The van der Waals surface area contributed by atoms with Gasteiger partial charge in [0, 0.05) is 11.5 Å². The van der Waals surface area contributed by atoms with E-state index < -0.39 is 17.5 Å². The highest BCUT2D eigenvalue weighted by molar-refractivity contribution is 9.10. The maximum Gasteiger partial charge on any atom is 0.299 e. The molecule has 102 valence electrons. The molecule has 1 aromatic carbocycles. The van der Waals surface area contributed by atoms with Gasteiger partial charge in [0.15, 0.2) is 0 Å². The van der Waals surface area contributed by atoms with E-state index in [9.17, 15) is 14.0 Å². The van der Waals surface area contributed by atoms with Crippen LogP contribution in [0.2, 0.25) is 0 Å². The molecule has 1 aliphatic heterocycles. The van der Waals surface area contributed by atoms with E-state index in [-0.39, 0.29) is 12.1 Å². The number of aryl methyl sites for hydroxylation is 1. The van der Waals surface area contributed by atoms with Crippen LogP contribution in [0.4, 0.5) is 10.1 Å². The van der Waals surface area contributed by atoms with Crippen molar-refractivity contribution in [3.05, 3.63) is 40.1 Å². The lowest BCUT2D eigenvalue weighted by atomic mass is 10.1. The Kier molecular flexibility index (Phi) is 2.89. The predicted molar refractivity (Wildman–Crippen MR) is 70.6 cm³/mol. The summed E-state index contributed by atoms with van der Waals surface area (Å²) in [6, 6.07) is 2.28. The molecule has 3 rings (SSSR count). The van der Waals surface area contributed by atoms with Gasteiger partial charge < -0.3 is 0 Å². The number of benzene rings is 1. The van der Waals surface area contributed by atoms with Gasteiger partial charge in [-0.1, -0.05) is 0 Å². The summed E-state index contributed by atoms with van der Waals surface area (Å²) in [4.78, 5) is 29.2. The third-order valence-corrected chi connectivity index (χ3v) is 3.69. The molecule has 0 bridgehead atoms. The van der Waals surface area contributed by atoms with E-state index >= 15 is 0 Å². The molecule has 0 N–H and O–H groups in total. The molecule has 1 aliphatic rings. The first-order chi connectivity index (χ1) is 9.49. The smallest absolute Gasteiger partial charge is 0.296 e. The van der Waals surface area contributed by atoms with Crippen molar-refractivity contribution in [3.8, 4) is 0 Å². The highest BCUT2D eigenvalue weighted by Crippen LogP contribution is 2.37. The molecular formula is C12H8BrFN4O2. The first-order valence-electron chi connectivity index (χ1n) is 5.67. The number of carbonyl (C=O) groups is 2. The van der Waals surface area contributed by atoms with Crippen molar-refractivity contribution in [2.24, 2.45) is 7.05 Å². The molecule has 6 nitrogen and oxygen atoms in total. The largest absolute Gasteiger partial charge is 0.299 e. The van der Waals surface area contributed by atoms with Gasteiger partial charge in [-0.2, -0.15) is 5.10 Å². The molecule has 1 aromatic heterocycles. The number of hydrogen-bond donors (Lipinski definition) is 0. The molecule has 0 fully saturated rings. The average molecular weight is 339 g/mol. The van der Waals surface area contributed by atoms with E-state index in [2.05, 4.69) is 26.0 Å². The van der Waals surface area contributed by atoms with Crippen LogP contribution in [-0.4, -0.2) is 26.5 Å². The van der Waals surface area contributed by atoms with Gasteiger partial charge in [0.1, 0.15) is 18.0 Å². The van der Waals surface area contributed by atoms with E-state index in [0.29, 0.717) is 16.0 Å². The Balaban J connectivity index is 2.09. The highest BCUT2D eigenvalue weighted by Gasteiger charge is 2.38. The first-order valence-corrected chi connectivity index (χ1v) is 6.46. The molecule has 2 heterocycles. The Morgan fingerprint density at radius 3 is 2.75 bits per heavy atom. The Morgan fingerprint density at radius 1 is 1.35 bits per heavy atom. The SMILES string of the molecule is Cn1ncnc1CN1C(=O)C(=O)c2cc(F)cc(Br)c21. The number of aromatic nitrogens is 3. The molecule has 8 heteroatoms. The molecule has 0 unspecified atom stereocenters. The normalized spacial score (nSPS) is 14.1. The van der Waals surface area contributed by atoms with Crippen molar-refractivity contribution in [2.45, 2.75) is 6.54 Å². The maximum atomic E-state index is 13.4. The molecule has 0 saturated heterocycles. The maximum absolute atomic E-state index is 13.4. The second-order valence-corrected chi connectivity index (χ2v) is 5.16. The number of halogens is 2. The van der Waals surface area contributed by atoms with Crippen LogP contribution in [0.1, 0.15) is 16.2 Å². The van der Waals surface area contributed by atoms with Crippen LogP contribution >= 0.6 is 15.9 Å². The second-order valence-electron chi connectivity index (χ2n) is 4.30. The Morgan fingerprint density at radius 2 is 2.10 bits per heavy atom. The summed E-state index contributed by atoms with van der Waals surface area (Å²) in [5.41, 5.74) is 0.424. The number of nitrogens with zero attached hydrogens (tertiary/aromatic N) is 4. The topological polar surface area (TPSA) is 68.1 Å². The number of rotatable bonds is 2. The minimum Gasteiger partial charge on any atom is -0.296 e. The van der Waals surface area contributed by atoms with Gasteiger partial charge in [-0.05, 0) is 28.1 Å². The summed E-state index contributed by atoms with van der Waals surface area (Å²) in [7, 11) is 1.69. The molecule has 0 radical (unpaired) electrons. The fourth-order valence-corrected chi connectivity index (χ4v) is 2.75. The molecule has 1 amide bonds. The van der Waals surface area contributed by atoms with Crippen LogP contribution in [0.15, 0.2) is 22.9 Å². The van der Waals surface area contributed by atoms with Crippen LogP contribution < -0.4 is 4.90 Å². The molecule has 0 saturated carbocycles. The number of carbonyl (C=O) groups excluding carboxylic acids is 2. The number of hydrogen-bond acceptors (Lipinski definition) is 4. The number of Topliss-reactive ketones (excluding diaryl/α,β-unsaturated/α-hetero) is 1. The molecule has 2 aromatic rings. The quantitative estimate of drug-likeness (QED) is 0.777. The van der Waals surface area contributed by atoms with Crippen molar-refractivity contribution in [3.63, 3.8) is 0 Å². The molecule has 20 heavy (non-hydrogen) atoms. The zero-order valence-corrected chi connectivity index (χ0v) is 11.9. The summed E-state index contributed by atoms with van der Waals surface area (Å²) < 4.78 is 15.2. The van der Waals surface area contributed by atoms with Crippen LogP contribution in [0, 0.1) is 5.82 Å². The lowest BCUT2D eigenvalue weighted by molar-refractivity contribution is -0.114. The van der Waals surface area contributed by atoms with E-state index in [1.807, 2.05) is 0 Å². The lowest BCUT2D eigenvalue weighted by Gasteiger charge is -2.17. The van der Waals surface area contributed by atoms with E-state index in [0.717, 1.165) is 6.07 Å². The van der Waals surface area contributed by atoms with Gasteiger partial charge in [-0.3, -0.25) is 19.2 Å². The minimum absolute atomic E-state index is 0.0593. The number of anilines is 1. The van der Waals surface area contributed by atoms with Crippen molar-refractivity contribution in [1.29, 1.82) is 0 Å². The predicted octanol–water partition coefficient (Wildman–Crippen LogP) is 1.45. The Bertz CT molecular complexity index is 743. The van der Waals surface area contributed by atoms with E-state index in [4.69, 9.17) is 0 Å². The van der Waals surface area contributed by atoms with Crippen LogP contribution in [0.25, 0.3) is 0 Å². The monoisotopic (exact) mass is 338 g/mol. The van der Waals surface area contributed by atoms with Crippen molar-refractivity contribution < 1.29 is 14.0 Å². The summed E-state index contributed by atoms with van der Waals surface area (Å²) >= 11 is 3.19. The van der Waals surface area contributed by atoms with Crippen molar-refractivity contribution in [1.82, 2.24) is 14.8 Å². The van der Waals surface area contributed by atoms with Gasteiger partial charge in [0.25, 0.3) is 11.7 Å². The Hall–Kier alpha value is -2.09. The van der Waals surface area contributed by atoms with E-state index in [1.165, 1.54) is 22.0 Å². The first kappa shape index (κ1) is 12.9. The fraction of sp³-hybridized carbons (Fsp3) is 0.167. The lowest BCUT2D eigenvalue weighted by Crippen LogP contribution is -2.30. The van der Waals surface area contributed by atoms with Crippen molar-refractivity contribution >= 4 is 33.3 Å². The molecule has 0 aliphatic carbocycles. The van der Waals surface area contributed by atoms with Crippen molar-refractivity contribution in [2.75, 3.05) is 4.90 Å². The summed E-state index contributed by atoms with van der Waals surface area (Å²) in [6.45, 7) is 0.0955. The highest BCUT2D eigenvalue weighted by atomic mass is 79.9. The van der Waals surface area contributed by atoms with Gasteiger partial charge in [0.05, 0.1) is 17.8 Å². The number of ketones is 1. The third-order valence-electron chi connectivity index (χ3n) is 3.09. The standard InChI is InChI=1S/C12H8BrFN4O2/c1-17-9(15-5-16-17)4-18-10-7(11(19)12(18)20)2-6(14)3-8(10)13/h2-3,5H,4H2,1H3. The van der Waals surface area contributed by atoms with Crippen LogP contribution in [-0.2, 0) is 18.4 Å². The fourth-order valence-electron chi connectivity index (χ4n) is 2.11. The van der Waals surface area contributed by atoms with Gasteiger partial charge >= 0.3 is 0 Å². The average Bonchev–Trinajstić information content (AvgIpc) is 2.88. The van der Waals surface area contributed by atoms with Gasteiger partial charge in [-0.15, -0.1) is 0 Å².